The molecule has 3 aromatic rings. The standard InChI is InChI=1S/C21H24ClN5OS/c1-4-27-19(12-23-17-10-9-14(2)11-15(17)3)25-26-21(27)29-13-20(28)24-18-8-6-5-7-16(18)22/h5-11,23H,4,12-13H2,1-3H3,(H,24,28). The summed E-state index contributed by atoms with van der Waals surface area (Å²) >= 11 is 7.45. The molecule has 0 aliphatic heterocycles. The average molecular weight is 430 g/mol. The van der Waals surface area contributed by atoms with Crippen LogP contribution in [0.4, 0.5) is 11.4 Å². The van der Waals surface area contributed by atoms with Crippen LogP contribution in [0.3, 0.4) is 0 Å². The summed E-state index contributed by atoms with van der Waals surface area (Å²) < 4.78 is 2.02. The lowest BCUT2D eigenvalue weighted by Gasteiger charge is -2.11. The first-order valence-corrected chi connectivity index (χ1v) is 10.7. The van der Waals surface area contributed by atoms with E-state index in [0.29, 0.717) is 17.3 Å². The van der Waals surface area contributed by atoms with Crippen molar-refractivity contribution in [1.82, 2.24) is 14.8 Å². The molecule has 0 saturated heterocycles. The number of aryl methyl sites for hydroxylation is 2. The quantitative estimate of drug-likeness (QED) is 0.498. The van der Waals surface area contributed by atoms with E-state index in [1.54, 1.807) is 12.1 Å². The summed E-state index contributed by atoms with van der Waals surface area (Å²) in [6, 6.07) is 13.5. The van der Waals surface area contributed by atoms with Crippen molar-refractivity contribution >= 4 is 40.6 Å². The third-order valence-electron chi connectivity index (χ3n) is 4.41. The molecule has 1 aromatic heterocycles. The number of halogens is 1. The Hall–Kier alpha value is -2.51. The molecule has 2 aromatic carbocycles. The smallest absolute Gasteiger partial charge is 0.234 e. The van der Waals surface area contributed by atoms with Crippen LogP contribution in [0.2, 0.25) is 5.02 Å². The number of para-hydroxylation sites is 1. The number of carbonyl (C=O) groups excluding carboxylic acids is 1. The van der Waals surface area contributed by atoms with Crippen LogP contribution in [0.25, 0.3) is 0 Å². The van der Waals surface area contributed by atoms with E-state index in [0.717, 1.165) is 23.2 Å². The van der Waals surface area contributed by atoms with Crippen LogP contribution in [-0.4, -0.2) is 26.4 Å². The van der Waals surface area contributed by atoms with Crippen molar-refractivity contribution in [2.24, 2.45) is 0 Å². The molecule has 0 radical (unpaired) electrons. The maximum absolute atomic E-state index is 12.3. The molecular formula is C21H24ClN5OS. The Kier molecular flexibility index (Phi) is 7.17. The van der Waals surface area contributed by atoms with Crippen molar-refractivity contribution in [3.8, 4) is 0 Å². The van der Waals surface area contributed by atoms with E-state index < -0.39 is 0 Å². The molecule has 3 rings (SSSR count). The SMILES string of the molecule is CCn1c(CNc2ccc(C)cc2C)nnc1SCC(=O)Nc1ccccc1Cl. The van der Waals surface area contributed by atoms with Gasteiger partial charge in [-0.25, -0.2) is 0 Å². The largest absolute Gasteiger partial charge is 0.378 e. The van der Waals surface area contributed by atoms with Gasteiger partial charge in [-0.3, -0.25) is 4.79 Å². The molecule has 0 fully saturated rings. The number of rotatable bonds is 8. The molecule has 8 heteroatoms. The first-order valence-electron chi connectivity index (χ1n) is 9.38. The monoisotopic (exact) mass is 429 g/mol. The zero-order valence-corrected chi connectivity index (χ0v) is 18.3. The summed E-state index contributed by atoms with van der Waals surface area (Å²) in [5.41, 5.74) is 4.11. The summed E-state index contributed by atoms with van der Waals surface area (Å²) in [6.07, 6.45) is 0. The molecular weight excluding hydrogens is 406 g/mol. The molecule has 29 heavy (non-hydrogen) atoms. The van der Waals surface area contributed by atoms with Gasteiger partial charge in [0.15, 0.2) is 11.0 Å². The lowest BCUT2D eigenvalue weighted by atomic mass is 10.1. The van der Waals surface area contributed by atoms with Crippen LogP contribution in [0.5, 0.6) is 0 Å². The Balaban J connectivity index is 1.60. The van der Waals surface area contributed by atoms with E-state index in [2.05, 4.69) is 52.9 Å². The van der Waals surface area contributed by atoms with Gasteiger partial charge >= 0.3 is 0 Å². The van der Waals surface area contributed by atoms with Crippen LogP contribution >= 0.6 is 23.4 Å². The Morgan fingerprint density at radius 1 is 1.14 bits per heavy atom. The Morgan fingerprint density at radius 3 is 2.66 bits per heavy atom. The van der Waals surface area contributed by atoms with Crippen LogP contribution < -0.4 is 10.6 Å². The van der Waals surface area contributed by atoms with Crippen molar-refractivity contribution in [1.29, 1.82) is 0 Å². The minimum absolute atomic E-state index is 0.135. The van der Waals surface area contributed by atoms with Gasteiger partial charge in [0.2, 0.25) is 5.91 Å². The van der Waals surface area contributed by atoms with E-state index in [1.165, 1.54) is 22.9 Å². The molecule has 0 aliphatic rings. The first-order chi connectivity index (χ1) is 14.0. The minimum atomic E-state index is -0.135. The second-order valence-corrected chi connectivity index (χ2v) is 7.98. The fourth-order valence-electron chi connectivity index (χ4n) is 2.94. The number of nitrogens with one attached hydrogen (secondary N) is 2. The van der Waals surface area contributed by atoms with Crippen molar-refractivity contribution in [2.45, 2.75) is 39.0 Å². The van der Waals surface area contributed by atoms with Crippen LogP contribution in [0, 0.1) is 13.8 Å². The van der Waals surface area contributed by atoms with Crippen molar-refractivity contribution in [2.75, 3.05) is 16.4 Å². The number of nitrogens with zero attached hydrogens (tertiary/aromatic N) is 3. The lowest BCUT2D eigenvalue weighted by Crippen LogP contribution is -2.15. The highest BCUT2D eigenvalue weighted by atomic mass is 35.5. The van der Waals surface area contributed by atoms with E-state index in [1.807, 2.05) is 23.6 Å². The molecule has 0 atom stereocenters. The molecule has 0 unspecified atom stereocenters. The third kappa shape index (κ3) is 5.52. The predicted octanol–water partition coefficient (Wildman–Crippen LogP) is 4.91. The second kappa shape index (κ2) is 9.80. The number of carbonyl (C=O) groups is 1. The van der Waals surface area contributed by atoms with E-state index in [4.69, 9.17) is 11.6 Å². The summed E-state index contributed by atoms with van der Waals surface area (Å²) in [4.78, 5) is 12.3. The highest BCUT2D eigenvalue weighted by Gasteiger charge is 2.14. The molecule has 0 spiro atoms. The molecule has 152 valence electrons. The average Bonchev–Trinajstić information content (AvgIpc) is 3.09. The highest BCUT2D eigenvalue weighted by molar-refractivity contribution is 7.99. The van der Waals surface area contributed by atoms with Gasteiger partial charge in [0.05, 0.1) is 23.0 Å². The van der Waals surface area contributed by atoms with Gasteiger partial charge in [0.25, 0.3) is 0 Å². The fraction of sp³-hybridized carbons (Fsp3) is 0.286. The van der Waals surface area contributed by atoms with E-state index in [9.17, 15) is 4.79 Å². The van der Waals surface area contributed by atoms with Gasteiger partial charge in [-0.15, -0.1) is 10.2 Å². The van der Waals surface area contributed by atoms with Gasteiger partial charge < -0.3 is 15.2 Å². The highest BCUT2D eigenvalue weighted by Crippen LogP contribution is 2.23. The first kappa shape index (κ1) is 21.2. The molecule has 1 amide bonds. The minimum Gasteiger partial charge on any atom is -0.378 e. The maximum atomic E-state index is 12.3. The van der Waals surface area contributed by atoms with Crippen molar-refractivity contribution < 1.29 is 4.79 Å². The second-order valence-electron chi connectivity index (χ2n) is 6.63. The van der Waals surface area contributed by atoms with E-state index >= 15 is 0 Å². The summed E-state index contributed by atoms with van der Waals surface area (Å²) in [7, 11) is 0. The Morgan fingerprint density at radius 2 is 1.93 bits per heavy atom. The normalized spacial score (nSPS) is 10.8. The molecule has 0 bridgehead atoms. The van der Waals surface area contributed by atoms with Gasteiger partial charge in [-0.05, 0) is 44.5 Å². The maximum Gasteiger partial charge on any atom is 0.234 e. The molecule has 6 nitrogen and oxygen atoms in total. The number of thioether (sulfide) groups is 1. The van der Waals surface area contributed by atoms with Crippen molar-refractivity contribution in [3.05, 3.63) is 64.4 Å². The van der Waals surface area contributed by atoms with Crippen LogP contribution in [-0.2, 0) is 17.9 Å². The number of benzene rings is 2. The third-order valence-corrected chi connectivity index (χ3v) is 5.71. The van der Waals surface area contributed by atoms with E-state index in [-0.39, 0.29) is 11.7 Å². The van der Waals surface area contributed by atoms with Gasteiger partial charge in [0, 0.05) is 12.2 Å². The molecule has 2 N–H and O–H groups in total. The number of hydrogen-bond donors (Lipinski definition) is 2. The number of hydrogen-bond acceptors (Lipinski definition) is 5. The number of anilines is 2. The van der Waals surface area contributed by atoms with Crippen molar-refractivity contribution in [3.63, 3.8) is 0 Å². The predicted molar refractivity (Wildman–Crippen MR) is 120 cm³/mol. The zero-order valence-electron chi connectivity index (χ0n) is 16.7. The number of aromatic nitrogens is 3. The molecule has 0 aliphatic carbocycles. The Bertz CT molecular complexity index is 1000. The summed E-state index contributed by atoms with van der Waals surface area (Å²) in [6.45, 7) is 7.50. The topological polar surface area (TPSA) is 71.8 Å². The lowest BCUT2D eigenvalue weighted by molar-refractivity contribution is -0.113. The zero-order chi connectivity index (χ0) is 20.8. The van der Waals surface area contributed by atoms with Gasteiger partial charge in [-0.1, -0.05) is 53.2 Å². The van der Waals surface area contributed by atoms with Crippen LogP contribution in [0.1, 0.15) is 23.9 Å². The summed E-state index contributed by atoms with van der Waals surface area (Å²) in [5.74, 6) is 0.929. The molecule has 0 saturated carbocycles. The van der Waals surface area contributed by atoms with Gasteiger partial charge in [-0.2, -0.15) is 0 Å². The number of amides is 1. The fourth-order valence-corrected chi connectivity index (χ4v) is 3.94. The Labute approximate surface area is 180 Å². The molecule has 1 heterocycles. The summed E-state index contributed by atoms with van der Waals surface area (Å²) in [5, 5.41) is 16.0. The van der Waals surface area contributed by atoms with Crippen LogP contribution in [0.15, 0.2) is 47.6 Å². The van der Waals surface area contributed by atoms with Gasteiger partial charge in [0.1, 0.15) is 0 Å².